The monoisotopic (exact) mass is 265 g/mol. The summed E-state index contributed by atoms with van der Waals surface area (Å²) in [7, 11) is 3.67. The second kappa shape index (κ2) is 6.25. The highest BCUT2D eigenvalue weighted by molar-refractivity contribution is 7.99. The Balaban J connectivity index is 1.93. The number of carbonyl (C=O) groups excluding carboxylic acids is 1. The SMILES string of the molecule is COc1ccc(C(=O)CN(C)C2CCSC2)cc1. The van der Waals surface area contributed by atoms with Crippen molar-refractivity contribution in [1.29, 1.82) is 0 Å². The summed E-state index contributed by atoms with van der Waals surface area (Å²) in [6, 6.07) is 7.88. The highest BCUT2D eigenvalue weighted by atomic mass is 32.2. The Morgan fingerprint density at radius 2 is 2.17 bits per heavy atom. The minimum atomic E-state index is 0.178. The van der Waals surface area contributed by atoms with Crippen molar-refractivity contribution in [1.82, 2.24) is 4.90 Å². The van der Waals surface area contributed by atoms with Crippen LogP contribution in [-0.4, -0.2) is 48.9 Å². The van der Waals surface area contributed by atoms with Crippen LogP contribution in [0.4, 0.5) is 0 Å². The van der Waals surface area contributed by atoms with Crippen molar-refractivity contribution < 1.29 is 9.53 Å². The van der Waals surface area contributed by atoms with Crippen LogP contribution in [0.15, 0.2) is 24.3 Å². The van der Waals surface area contributed by atoms with Crippen molar-refractivity contribution in [3.8, 4) is 5.75 Å². The predicted octanol–water partition coefficient (Wildman–Crippen LogP) is 2.32. The van der Waals surface area contributed by atoms with Crippen molar-refractivity contribution in [3.05, 3.63) is 29.8 Å². The minimum absolute atomic E-state index is 0.178. The minimum Gasteiger partial charge on any atom is -0.497 e. The van der Waals surface area contributed by atoms with Crippen molar-refractivity contribution in [2.45, 2.75) is 12.5 Å². The number of likely N-dealkylation sites (N-methyl/N-ethyl adjacent to an activating group) is 1. The van der Waals surface area contributed by atoms with E-state index in [1.165, 1.54) is 12.2 Å². The zero-order chi connectivity index (χ0) is 13.0. The quantitative estimate of drug-likeness (QED) is 0.764. The number of Topliss-reactive ketones (excluding diaryl/α,β-unsaturated/α-hetero) is 1. The topological polar surface area (TPSA) is 29.5 Å². The van der Waals surface area contributed by atoms with Crippen LogP contribution >= 0.6 is 11.8 Å². The summed E-state index contributed by atoms with van der Waals surface area (Å²) in [5, 5.41) is 0. The number of methoxy groups -OCH3 is 1. The maximum atomic E-state index is 12.1. The number of carbonyl (C=O) groups is 1. The first kappa shape index (κ1) is 13.4. The van der Waals surface area contributed by atoms with Gasteiger partial charge in [-0.2, -0.15) is 11.8 Å². The van der Waals surface area contributed by atoms with Gasteiger partial charge in [0.2, 0.25) is 0 Å². The number of ether oxygens (including phenoxy) is 1. The number of ketones is 1. The third-order valence-corrected chi connectivity index (χ3v) is 4.48. The lowest BCUT2D eigenvalue weighted by molar-refractivity contribution is 0.0927. The van der Waals surface area contributed by atoms with E-state index < -0.39 is 0 Å². The van der Waals surface area contributed by atoms with E-state index in [0.717, 1.165) is 17.1 Å². The highest BCUT2D eigenvalue weighted by Crippen LogP contribution is 2.21. The summed E-state index contributed by atoms with van der Waals surface area (Å²) >= 11 is 1.97. The van der Waals surface area contributed by atoms with E-state index in [1.807, 2.05) is 43.1 Å². The molecule has 1 fully saturated rings. The number of hydrogen-bond acceptors (Lipinski definition) is 4. The summed E-state index contributed by atoms with van der Waals surface area (Å²) in [6.45, 7) is 0.498. The summed E-state index contributed by atoms with van der Waals surface area (Å²) in [5.41, 5.74) is 0.758. The molecule has 0 aromatic heterocycles. The molecule has 1 aliphatic heterocycles. The molecule has 1 aromatic rings. The Kier molecular flexibility index (Phi) is 4.66. The average Bonchev–Trinajstić information content (AvgIpc) is 2.92. The van der Waals surface area contributed by atoms with Crippen LogP contribution in [0.2, 0.25) is 0 Å². The average molecular weight is 265 g/mol. The van der Waals surface area contributed by atoms with Crippen LogP contribution in [-0.2, 0) is 0 Å². The van der Waals surface area contributed by atoms with Gasteiger partial charge in [0.15, 0.2) is 5.78 Å². The Hall–Kier alpha value is -1.00. The number of nitrogens with zero attached hydrogens (tertiary/aromatic N) is 1. The third kappa shape index (κ3) is 3.27. The van der Waals surface area contributed by atoms with E-state index in [-0.39, 0.29) is 5.78 Å². The molecule has 0 N–H and O–H groups in total. The molecule has 18 heavy (non-hydrogen) atoms. The standard InChI is InChI=1S/C14H19NO2S/c1-15(12-7-8-18-10-12)9-14(16)11-3-5-13(17-2)6-4-11/h3-6,12H,7-10H2,1-2H3. The first-order valence-corrected chi connectivity index (χ1v) is 7.31. The molecule has 1 saturated heterocycles. The molecule has 0 spiro atoms. The Bertz CT molecular complexity index is 399. The lowest BCUT2D eigenvalue weighted by Crippen LogP contribution is -2.35. The molecular formula is C14H19NO2S. The first-order valence-electron chi connectivity index (χ1n) is 6.16. The number of rotatable bonds is 5. The van der Waals surface area contributed by atoms with E-state index in [1.54, 1.807) is 7.11 Å². The molecule has 3 nitrogen and oxygen atoms in total. The molecule has 2 rings (SSSR count). The number of thioether (sulfide) groups is 1. The van der Waals surface area contributed by atoms with Crippen molar-refractivity contribution in [2.75, 3.05) is 32.2 Å². The molecule has 0 amide bonds. The van der Waals surface area contributed by atoms with Gasteiger partial charge in [0, 0.05) is 17.4 Å². The van der Waals surface area contributed by atoms with Crippen LogP contribution in [0, 0.1) is 0 Å². The van der Waals surface area contributed by atoms with Gasteiger partial charge in [0.25, 0.3) is 0 Å². The molecule has 1 aromatic carbocycles. The summed E-state index contributed by atoms with van der Waals surface area (Å²) < 4.78 is 5.09. The van der Waals surface area contributed by atoms with E-state index in [4.69, 9.17) is 4.74 Å². The molecule has 1 aliphatic rings. The van der Waals surface area contributed by atoms with E-state index in [9.17, 15) is 4.79 Å². The highest BCUT2D eigenvalue weighted by Gasteiger charge is 2.21. The normalized spacial score (nSPS) is 19.2. The van der Waals surface area contributed by atoms with Gasteiger partial charge >= 0.3 is 0 Å². The van der Waals surface area contributed by atoms with Crippen LogP contribution < -0.4 is 4.74 Å². The molecule has 98 valence electrons. The van der Waals surface area contributed by atoms with Gasteiger partial charge < -0.3 is 4.74 Å². The fraction of sp³-hybridized carbons (Fsp3) is 0.500. The molecule has 1 atom stereocenters. The second-order valence-electron chi connectivity index (χ2n) is 4.58. The smallest absolute Gasteiger partial charge is 0.176 e. The van der Waals surface area contributed by atoms with Crippen molar-refractivity contribution in [3.63, 3.8) is 0 Å². The van der Waals surface area contributed by atoms with Gasteiger partial charge in [-0.3, -0.25) is 9.69 Å². The van der Waals surface area contributed by atoms with Gasteiger partial charge in [0.05, 0.1) is 13.7 Å². The van der Waals surface area contributed by atoms with Gasteiger partial charge in [0.1, 0.15) is 5.75 Å². The summed E-state index contributed by atoms with van der Waals surface area (Å²) in [6.07, 6.45) is 1.19. The molecular weight excluding hydrogens is 246 g/mol. The van der Waals surface area contributed by atoms with Crippen LogP contribution in [0.5, 0.6) is 5.75 Å². The van der Waals surface area contributed by atoms with E-state index >= 15 is 0 Å². The van der Waals surface area contributed by atoms with Crippen molar-refractivity contribution in [2.24, 2.45) is 0 Å². The molecule has 0 radical (unpaired) electrons. The summed E-state index contributed by atoms with van der Waals surface area (Å²) in [4.78, 5) is 14.3. The zero-order valence-electron chi connectivity index (χ0n) is 10.9. The maximum absolute atomic E-state index is 12.1. The first-order chi connectivity index (χ1) is 8.70. The lowest BCUT2D eigenvalue weighted by Gasteiger charge is -2.22. The van der Waals surface area contributed by atoms with Crippen molar-refractivity contribution >= 4 is 17.5 Å². The van der Waals surface area contributed by atoms with Gasteiger partial charge in [-0.15, -0.1) is 0 Å². The number of hydrogen-bond donors (Lipinski definition) is 0. The zero-order valence-corrected chi connectivity index (χ0v) is 11.7. The molecule has 0 bridgehead atoms. The lowest BCUT2D eigenvalue weighted by atomic mass is 10.1. The Morgan fingerprint density at radius 3 is 2.72 bits per heavy atom. The van der Waals surface area contributed by atoms with E-state index in [2.05, 4.69) is 4.90 Å². The predicted molar refractivity (Wildman–Crippen MR) is 75.7 cm³/mol. The molecule has 4 heteroatoms. The molecule has 1 unspecified atom stereocenters. The second-order valence-corrected chi connectivity index (χ2v) is 5.73. The fourth-order valence-corrected chi connectivity index (χ4v) is 3.39. The largest absolute Gasteiger partial charge is 0.497 e. The fourth-order valence-electron chi connectivity index (χ4n) is 2.09. The van der Waals surface area contributed by atoms with Crippen LogP contribution in [0.3, 0.4) is 0 Å². The van der Waals surface area contributed by atoms with Gasteiger partial charge in [-0.25, -0.2) is 0 Å². The molecule has 0 saturated carbocycles. The van der Waals surface area contributed by atoms with Gasteiger partial charge in [-0.1, -0.05) is 0 Å². The third-order valence-electron chi connectivity index (χ3n) is 3.33. The van der Waals surface area contributed by atoms with Crippen LogP contribution in [0.1, 0.15) is 16.8 Å². The van der Waals surface area contributed by atoms with Crippen LogP contribution in [0.25, 0.3) is 0 Å². The van der Waals surface area contributed by atoms with Gasteiger partial charge in [-0.05, 0) is 43.5 Å². The Labute approximate surface area is 113 Å². The number of benzene rings is 1. The molecule has 0 aliphatic carbocycles. The molecule has 1 heterocycles. The Morgan fingerprint density at radius 1 is 1.44 bits per heavy atom. The summed E-state index contributed by atoms with van der Waals surface area (Å²) in [5.74, 6) is 3.32. The maximum Gasteiger partial charge on any atom is 0.176 e. The van der Waals surface area contributed by atoms with E-state index in [0.29, 0.717) is 12.6 Å².